The summed E-state index contributed by atoms with van der Waals surface area (Å²) in [6.07, 6.45) is 4.47. The molecule has 2 aromatic rings. The van der Waals surface area contributed by atoms with Gasteiger partial charge in [-0.05, 0) is 87.5 Å². The number of nitrogens with one attached hydrogen (secondary N) is 2. The number of aliphatic hydroxyl groups is 1. The van der Waals surface area contributed by atoms with Gasteiger partial charge in [-0.25, -0.2) is 0 Å². The van der Waals surface area contributed by atoms with Crippen molar-refractivity contribution in [3.05, 3.63) is 59.7 Å². The van der Waals surface area contributed by atoms with E-state index in [1.165, 1.54) is 26.3 Å². The van der Waals surface area contributed by atoms with Crippen molar-refractivity contribution in [2.24, 2.45) is 23.3 Å². The van der Waals surface area contributed by atoms with E-state index in [-0.39, 0.29) is 30.8 Å². The number of rotatable bonds is 27. The molecule has 13 heteroatoms. The van der Waals surface area contributed by atoms with E-state index in [0.717, 1.165) is 30.4 Å². The average molecular weight is 751 g/mol. The molecule has 0 heterocycles. The number of benzene rings is 2. The van der Waals surface area contributed by atoms with Gasteiger partial charge in [-0.1, -0.05) is 82.1 Å². The number of hydrogen-bond donors (Lipinski definition) is 7. The second-order valence-corrected chi connectivity index (χ2v) is 14.7. The topological polar surface area (TPSA) is 222 Å². The van der Waals surface area contributed by atoms with Crippen molar-refractivity contribution in [2.45, 2.75) is 129 Å². The summed E-state index contributed by atoms with van der Waals surface area (Å²) >= 11 is 0. The van der Waals surface area contributed by atoms with Crippen molar-refractivity contribution in [3.8, 4) is 11.1 Å². The Kier molecular flexibility index (Phi) is 21.2. The maximum atomic E-state index is 13.6. The number of aliphatic hydroxyl groups excluding tert-OH is 1. The van der Waals surface area contributed by atoms with E-state index in [1.807, 2.05) is 12.1 Å². The van der Waals surface area contributed by atoms with Crippen LogP contribution in [-0.2, 0) is 25.6 Å². The van der Waals surface area contributed by atoms with Gasteiger partial charge in [0.05, 0.1) is 12.1 Å². The van der Waals surface area contributed by atoms with E-state index in [0.29, 0.717) is 57.2 Å². The summed E-state index contributed by atoms with van der Waals surface area (Å²) in [6.45, 7) is 7.38. The molecule has 0 bridgehead atoms. The molecule has 0 radical (unpaired) electrons. The van der Waals surface area contributed by atoms with Crippen LogP contribution in [0.15, 0.2) is 48.5 Å². The number of nitrogens with two attached hydrogens (primary N) is 2. The van der Waals surface area contributed by atoms with Gasteiger partial charge in [-0.2, -0.15) is 0 Å². The van der Waals surface area contributed by atoms with Gasteiger partial charge in [-0.3, -0.25) is 24.0 Å². The molecule has 6 atom stereocenters. The summed E-state index contributed by atoms with van der Waals surface area (Å²) in [5.41, 5.74) is 15.0. The fourth-order valence-electron chi connectivity index (χ4n) is 6.24. The Morgan fingerprint density at radius 2 is 1.28 bits per heavy atom. The van der Waals surface area contributed by atoms with Crippen molar-refractivity contribution in [3.63, 3.8) is 0 Å². The van der Waals surface area contributed by atoms with Crippen molar-refractivity contribution < 1.29 is 39.1 Å². The van der Waals surface area contributed by atoms with Gasteiger partial charge in [0.2, 0.25) is 11.8 Å². The molecule has 0 unspecified atom stereocenters. The molecule has 9 N–H and O–H groups in total. The molecular weight excluding hydrogens is 687 g/mol. The first-order valence-corrected chi connectivity index (χ1v) is 19.5. The summed E-state index contributed by atoms with van der Waals surface area (Å²) in [7, 11) is -1.69. The van der Waals surface area contributed by atoms with Crippen LogP contribution < -0.4 is 22.1 Å². The van der Waals surface area contributed by atoms with Crippen LogP contribution in [0.25, 0.3) is 11.1 Å². The smallest absolute Gasteiger partial charge is 0.427 e. The number of unbranched alkanes of at least 4 members (excludes halogenated alkanes) is 3. The second-order valence-electron chi connectivity index (χ2n) is 14.7. The number of hydrogen-bond acceptors (Lipinski definition) is 10. The molecule has 0 aromatic heterocycles. The number of Topliss-reactive ketones (excluding diaryl/α,β-unsaturated/α-hetero) is 3. The van der Waals surface area contributed by atoms with Crippen LogP contribution in [-0.4, -0.2) is 82.7 Å². The van der Waals surface area contributed by atoms with E-state index in [1.54, 1.807) is 12.1 Å². The third-order valence-electron chi connectivity index (χ3n) is 9.89. The van der Waals surface area contributed by atoms with Crippen molar-refractivity contribution in [2.75, 3.05) is 13.1 Å². The zero-order valence-electron chi connectivity index (χ0n) is 32.6. The lowest BCUT2D eigenvalue weighted by atomic mass is 9.71. The van der Waals surface area contributed by atoms with Gasteiger partial charge >= 0.3 is 7.12 Å². The fourth-order valence-corrected chi connectivity index (χ4v) is 6.24. The minimum atomic E-state index is -1.69. The summed E-state index contributed by atoms with van der Waals surface area (Å²) < 4.78 is 0. The first-order valence-electron chi connectivity index (χ1n) is 19.5. The summed E-state index contributed by atoms with van der Waals surface area (Å²) in [6, 6.07) is 13.4. The lowest BCUT2D eigenvalue weighted by molar-refractivity contribution is -0.135. The van der Waals surface area contributed by atoms with E-state index >= 15 is 0 Å². The number of ketones is 3. The highest BCUT2D eigenvalue weighted by molar-refractivity contribution is 6.43. The molecule has 2 rings (SSSR count). The first kappa shape index (κ1) is 46.4. The Balaban J connectivity index is 2.11. The van der Waals surface area contributed by atoms with Gasteiger partial charge in [-0.15, -0.1) is 0 Å². The highest BCUT2D eigenvalue weighted by Gasteiger charge is 2.33. The quantitative estimate of drug-likeness (QED) is 0.0396. The van der Waals surface area contributed by atoms with Crippen LogP contribution in [0.2, 0.25) is 5.82 Å². The van der Waals surface area contributed by atoms with Crippen LogP contribution in [0.5, 0.6) is 0 Å². The van der Waals surface area contributed by atoms with Crippen LogP contribution in [0.3, 0.4) is 0 Å². The SMILES string of the molecule is CCCCc1ccc(-c2ccc(C(=O)C[C@@H](CCCCN)C(=O)N[C@H](C(=O)C[C@@H](C)C(=O)N[C@@H](CCCCN)C(=O)C[C@@H](C)B(O)O)[C@@H](C)O)cc2)cc1. The molecule has 2 aromatic carbocycles. The van der Waals surface area contributed by atoms with Gasteiger partial charge in [0.15, 0.2) is 17.3 Å². The first-order chi connectivity index (χ1) is 25.7. The largest absolute Gasteiger partial charge is 0.454 e. The molecule has 0 aliphatic carbocycles. The summed E-state index contributed by atoms with van der Waals surface area (Å²) in [4.78, 5) is 66.7. The van der Waals surface area contributed by atoms with Gasteiger partial charge < -0.3 is 37.3 Å². The van der Waals surface area contributed by atoms with E-state index < -0.39 is 60.6 Å². The van der Waals surface area contributed by atoms with Crippen molar-refractivity contribution in [1.82, 2.24) is 10.6 Å². The number of aryl methyl sites for hydroxylation is 1. The molecular formula is C41H63BN4O8. The highest BCUT2D eigenvalue weighted by Crippen LogP contribution is 2.24. The number of carbonyl (C=O) groups is 5. The van der Waals surface area contributed by atoms with Crippen LogP contribution >= 0.6 is 0 Å². The Morgan fingerprint density at radius 1 is 0.704 bits per heavy atom. The third kappa shape index (κ3) is 15.9. The van der Waals surface area contributed by atoms with Crippen LogP contribution in [0.4, 0.5) is 0 Å². The van der Waals surface area contributed by atoms with Crippen molar-refractivity contribution in [1.29, 1.82) is 0 Å². The van der Waals surface area contributed by atoms with Crippen molar-refractivity contribution >= 4 is 36.3 Å². The van der Waals surface area contributed by atoms with E-state index in [9.17, 15) is 39.1 Å². The third-order valence-corrected chi connectivity index (χ3v) is 9.89. The van der Waals surface area contributed by atoms with Crippen LogP contribution in [0.1, 0.15) is 114 Å². The minimum absolute atomic E-state index is 0.104. The number of amides is 2. The maximum absolute atomic E-state index is 13.6. The zero-order valence-corrected chi connectivity index (χ0v) is 32.6. The minimum Gasteiger partial charge on any atom is -0.427 e. The molecule has 0 fully saturated rings. The second kappa shape index (κ2) is 24.6. The zero-order chi connectivity index (χ0) is 40.2. The Morgan fingerprint density at radius 3 is 1.81 bits per heavy atom. The predicted molar refractivity (Wildman–Crippen MR) is 212 cm³/mol. The molecule has 12 nitrogen and oxygen atoms in total. The summed E-state index contributed by atoms with van der Waals surface area (Å²) in [5.74, 6) is -4.73. The summed E-state index contributed by atoms with van der Waals surface area (Å²) in [5, 5.41) is 34.8. The van der Waals surface area contributed by atoms with Crippen LogP contribution in [0, 0.1) is 11.8 Å². The Bertz CT molecular complexity index is 1470. The lowest BCUT2D eigenvalue weighted by Crippen LogP contribution is -2.51. The normalized spacial score (nSPS) is 14.6. The molecule has 0 spiro atoms. The molecule has 2 amide bonds. The Labute approximate surface area is 321 Å². The Hall–Kier alpha value is -3.75. The average Bonchev–Trinajstić information content (AvgIpc) is 3.15. The monoisotopic (exact) mass is 750 g/mol. The highest BCUT2D eigenvalue weighted by atomic mass is 16.4. The van der Waals surface area contributed by atoms with E-state index in [2.05, 4.69) is 41.8 Å². The van der Waals surface area contributed by atoms with Gasteiger partial charge in [0, 0.05) is 36.7 Å². The molecule has 298 valence electrons. The molecule has 54 heavy (non-hydrogen) atoms. The molecule has 0 saturated carbocycles. The molecule has 0 saturated heterocycles. The molecule has 0 aliphatic rings. The van der Waals surface area contributed by atoms with Gasteiger partial charge in [0.25, 0.3) is 0 Å². The predicted octanol–water partition coefficient (Wildman–Crippen LogP) is 3.91. The fraction of sp³-hybridized carbons (Fsp3) is 0.585. The lowest BCUT2D eigenvalue weighted by Gasteiger charge is -2.25. The standard InChI is InChI=1S/C41H63BN4O8/c1-5-6-11-30-14-16-31(17-15-30)32-18-20-33(21-19-32)36(48)26-34(12-7-9-22-43)41(52)46-39(29(4)47)38(50)24-27(2)40(51)45-35(13-8-10-23-44)37(49)25-28(3)42(53)54/h14-21,27-29,34-35,39,47,53-54H,5-13,22-26,43-44H2,1-4H3,(H,45,51)(H,46,52)/t27-,28-,29-,34-,35+,39+/m1/s1. The van der Waals surface area contributed by atoms with E-state index in [4.69, 9.17) is 11.5 Å². The maximum Gasteiger partial charge on any atom is 0.454 e. The molecule has 0 aliphatic heterocycles. The number of carbonyl (C=O) groups excluding carboxylic acids is 5. The van der Waals surface area contributed by atoms with Gasteiger partial charge in [0.1, 0.15) is 6.04 Å².